The summed E-state index contributed by atoms with van der Waals surface area (Å²) >= 11 is 5.84. The van der Waals surface area contributed by atoms with Gasteiger partial charge in [0.1, 0.15) is 28.8 Å². The molecule has 0 radical (unpaired) electrons. The van der Waals surface area contributed by atoms with Gasteiger partial charge >= 0.3 is 0 Å². The van der Waals surface area contributed by atoms with E-state index < -0.39 is 29.9 Å². The number of aromatic amines is 1. The monoisotopic (exact) mass is 394 g/mol. The minimum absolute atomic E-state index is 0.00562. The van der Waals surface area contributed by atoms with Crippen molar-refractivity contribution in [1.82, 2.24) is 15.2 Å². The number of aryl methyl sites for hydroxylation is 1. The Labute approximate surface area is 156 Å². The van der Waals surface area contributed by atoms with Crippen LogP contribution >= 0.6 is 11.6 Å². The van der Waals surface area contributed by atoms with Crippen LogP contribution in [-0.2, 0) is 6.61 Å². The molecule has 3 aromatic rings. The molecule has 1 amide bonds. The van der Waals surface area contributed by atoms with Gasteiger partial charge in [-0.15, -0.1) is 0 Å². The van der Waals surface area contributed by atoms with Crippen molar-refractivity contribution in [2.24, 2.45) is 0 Å². The first-order valence-electron chi connectivity index (χ1n) is 7.62. The number of phenols is 1. The summed E-state index contributed by atoms with van der Waals surface area (Å²) in [6.45, 7) is 0.954. The predicted molar refractivity (Wildman–Crippen MR) is 93.5 cm³/mol. The molecule has 2 heterocycles. The number of rotatable bonds is 4. The number of nitrogens with zero attached hydrogens (tertiary/aromatic N) is 2. The Morgan fingerprint density at radius 3 is 2.67 bits per heavy atom. The summed E-state index contributed by atoms with van der Waals surface area (Å²) in [5, 5.41) is 28.0. The van der Waals surface area contributed by atoms with Crippen LogP contribution in [-0.4, -0.2) is 31.3 Å². The van der Waals surface area contributed by atoms with E-state index in [9.17, 15) is 18.7 Å². The van der Waals surface area contributed by atoms with Gasteiger partial charge < -0.3 is 15.5 Å². The fraction of sp³-hybridized carbons (Fsp3) is 0.118. The van der Waals surface area contributed by atoms with Gasteiger partial charge in [-0.2, -0.15) is 5.10 Å². The zero-order valence-electron chi connectivity index (χ0n) is 13.8. The Morgan fingerprint density at radius 1 is 1.30 bits per heavy atom. The molecule has 0 aliphatic carbocycles. The maximum atomic E-state index is 14.5. The van der Waals surface area contributed by atoms with Crippen LogP contribution in [0.2, 0.25) is 5.15 Å². The highest BCUT2D eigenvalue weighted by atomic mass is 35.5. The van der Waals surface area contributed by atoms with Crippen molar-refractivity contribution in [2.75, 3.05) is 5.32 Å². The van der Waals surface area contributed by atoms with Crippen LogP contribution in [0.4, 0.5) is 14.5 Å². The minimum Gasteiger partial charge on any atom is -0.507 e. The first kappa shape index (κ1) is 18.7. The number of benzene rings is 1. The molecular weight excluding hydrogens is 382 g/mol. The first-order valence-corrected chi connectivity index (χ1v) is 8.00. The summed E-state index contributed by atoms with van der Waals surface area (Å²) in [4.78, 5) is 16.2. The van der Waals surface area contributed by atoms with E-state index in [1.54, 1.807) is 6.92 Å². The Bertz CT molecular complexity index is 1020. The fourth-order valence-electron chi connectivity index (χ4n) is 2.41. The van der Waals surface area contributed by atoms with Crippen molar-refractivity contribution in [3.63, 3.8) is 0 Å². The van der Waals surface area contributed by atoms with E-state index in [1.807, 2.05) is 0 Å². The molecule has 2 aromatic heterocycles. The Kier molecular flexibility index (Phi) is 5.06. The van der Waals surface area contributed by atoms with E-state index in [1.165, 1.54) is 6.07 Å². The second-order valence-electron chi connectivity index (χ2n) is 5.60. The fourth-order valence-corrected chi connectivity index (χ4v) is 2.64. The number of carbonyl (C=O) groups is 1. The van der Waals surface area contributed by atoms with E-state index in [0.717, 1.165) is 18.2 Å². The zero-order chi connectivity index (χ0) is 19.7. The maximum absolute atomic E-state index is 14.5. The summed E-state index contributed by atoms with van der Waals surface area (Å²) in [5.74, 6) is -2.92. The lowest BCUT2D eigenvalue weighted by Crippen LogP contribution is -2.13. The second-order valence-corrected chi connectivity index (χ2v) is 5.96. The van der Waals surface area contributed by atoms with Gasteiger partial charge in [0.15, 0.2) is 5.15 Å². The Morgan fingerprint density at radius 2 is 2.04 bits per heavy atom. The molecule has 7 nitrogen and oxygen atoms in total. The Balaban J connectivity index is 1.96. The van der Waals surface area contributed by atoms with E-state index in [-0.39, 0.29) is 33.4 Å². The van der Waals surface area contributed by atoms with E-state index >= 15 is 0 Å². The number of H-pyrrole nitrogens is 1. The Hall–Kier alpha value is -3.04. The number of aliphatic hydroxyl groups excluding tert-OH is 1. The van der Waals surface area contributed by atoms with Crippen LogP contribution < -0.4 is 5.32 Å². The molecule has 0 spiro atoms. The highest BCUT2D eigenvalue weighted by Gasteiger charge is 2.20. The minimum atomic E-state index is -0.865. The zero-order valence-corrected chi connectivity index (χ0v) is 14.6. The van der Waals surface area contributed by atoms with Crippen LogP contribution in [0.3, 0.4) is 0 Å². The first-order chi connectivity index (χ1) is 12.8. The predicted octanol–water partition coefficient (Wildman–Crippen LogP) is 3.16. The number of nitrogens with one attached hydrogen (secondary N) is 2. The molecule has 0 aliphatic heterocycles. The normalized spacial score (nSPS) is 10.9. The van der Waals surface area contributed by atoms with Gasteiger partial charge in [-0.05, 0) is 31.2 Å². The number of amides is 1. The molecule has 0 aliphatic rings. The number of aromatic nitrogens is 3. The van der Waals surface area contributed by atoms with Gasteiger partial charge in [-0.25, -0.2) is 13.8 Å². The van der Waals surface area contributed by atoms with Gasteiger partial charge in [-0.3, -0.25) is 9.89 Å². The number of hydrogen-bond donors (Lipinski definition) is 4. The average molecular weight is 395 g/mol. The van der Waals surface area contributed by atoms with E-state index in [4.69, 9.17) is 16.7 Å². The smallest absolute Gasteiger partial charge is 0.259 e. The van der Waals surface area contributed by atoms with E-state index in [0.29, 0.717) is 5.69 Å². The molecule has 27 heavy (non-hydrogen) atoms. The van der Waals surface area contributed by atoms with Gasteiger partial charge in [0.05, 0.1) is 23.6 Å². The van der Waals surface area contributed by atoms with E-state index in [2.05, 4.69) is 20.5 Å². The summed E-state index contributed by atoms with van der Waals surface area (Å²) in [7, 11) is 0. The summed E-state index contributed by atoms with van der Waals surface area (Å²) in [6, 6.07) is 4.04. The number of aromatic hydroxyl groups is 1. The summed E-state index contributed by atoms with van der Waals surface area (Å²) < 4.78 is 28.0. The molecule has 0 bridgehead atoms. The molecule has 0 saturated carbocycles. The largest absolute Gasteiger partial charge is 0.507 e. The number of aliphatic hydroxyl groups is 1. The number of pyridine rings is 1. The number of hydrogen-bond acceptors (Lipinski definition) is 5. The van der Waals surface area contributed by atoms with Crippen molar-refractivity contribution in [1.29, 1.82) is 0 Å². The molecular formula is C17H13ClF2N4O3. The number of phenolic OH excluding ortho intramolecular Hbond substituents is 1. The van der Waals surface area contributed by atoms with Gasteiger partial charge in [-0.1, -0.05) is 11.6 Å². The molecule has 1 aromatic carbocycles. The molecule has 4 N–H and O–H groups in total. The van der Waals surface area contributed by atoms with Crippen molar-refractivity contribution in [3.05, 3.63) is 58.0 Å². The lowest BCUT2D eigenvalue weighted by Gasteiger charge is -2.10. The summed E-state index contributed by atoms with van der Waals surface area (Å²) in [6.07, 6.45) is 0. The second kappa shape index (κ2) is 7.29. The standard InChI is InChI=1S/C17H13ClF2N4O3/c1-7-15(16(18)24-23-7)22-17(27)9-4-11(20)8(5-14(9)26)12-3-2-10(19)13(6-25)21-12/h2-5,25-26H,6H2,1H3,(H,22,27)(H,23,24). The van der Waals surface area contributed by atoms with Crippen LogP contribution in [0.1, 0.15) is 21.7 Å². The summed E-state index contributed by atoms with van der Waals surface area (Å²) in [5.41, 5.74) is -0.0729. The quantitative estimate of drug-likeness (QED) is 0.543. The topological polar surface area (TPSA) is 111 Å². The average Bonchev–Trinajstić information content (AvgIpc) is 2.95. The van der Waals surface area contributed by atoms with Gasteiger partial charge in [0.25, 0.3) is 5.91 Å². The molecule has 0 saturated heterocycles. The highest BCUT2D eigenvalue weighted by molar-refractivity contribution is 6.33. The molecule has 0 fully saturated rings. The van der Waals surface area contributed by atoms with Crippen molar-refractivity contribution in [3.8, 4) is 17.0 Å². The van der Waals surface area contributed by atoms with Crippen molar-refractivity contribution in [2.45, 2.75) is 13.5 Å². The third-order valence-corrected chi connectivity index (χ3v) is 4.09. The van der Waals surface area contributed by atoms with Crippen molar-refractivity contribution < 1.29 is 23.8 Å². The maximum Gasteiger partial charge on any atom is 0.259 e. The molecule has 140 valence electrons. The van der Waals surface area contributed by atoms with Gasteiger partial charge in [0.2, 0.25) is 0 Å². The number of halogens is 3. The third kappa shape index (κ3) is 3.60. The van der Waals surface area contributed by atoms with Crippen LogP contribution in [0.25, 0.3) is 11.3 Å². The number of carbonyl (C=O) groups excluding carboxylic acids is 1. The van der Waals surface area contributed by atoms with Crippen molar-refractivity contribution >= 4 is 23.2 Å². The molecule has 10 heteroatoms. The lowest BCUT2D eigenvalue weighted by molar-refractivity contribution is 0.102. The lowest BCUT2D eigenvalue weighted by atomic mass is 10.0. The molecule has 0 atom stereocenters. The third-order valence-electron chi connectivity index (χ3n) is 3.82. The van der Waals surface area contributed by atoms with Gasteiger partial charge in [0, 0.05) is 5.56 Å². The van der Waals surface area contributed by atoms with Crippen LogP contribution in [0, 0.1) is 18.6 Å². The highest BCUT2D eigenvalue weighted by Crippen LogP contribution is 2.31. The molecule has 3 rings (SSSR count). The molecule has 0 unspecified atom stereocenters. The van der Waals surface area contributed by atoms with Crippen LogP contribution in [0.15, 0.2) is 24.3 Å². The number of anilines is 1. The SMILES string of the molecule is Cc1[nH]nc(Cl)c1NC(=O)c1cc(F)c(-c2ccc(F)c(CO)n2)cc1O. The van der Waals surface area contributed by atoms with Crippen LogP contribution in [0.5, 0.6) is 5.75 Å².